The van der Waals surface area contributed by atoms with Gasteiger partial charge in [-0.1, -0.05) is 0 Å². The number of benzene rings is 1. The van der Waals surface area contributed by atoms with Gasteiger partial charge in [0.1, 0.15) is 5.54 Å². The molecule has 0 atom stereocenters. The maximum Gasteiger partial charge on any atom is 0.501 e. The van der Waals surface area contributed by atoms with Crippen molar-refractivity contribution in [3.63, 3.8) is 0 Å². The number of aromatic carboxylic acids is 1. The third-order valence-corrected chi connectivity index (χ3v) is 6.95. The highest BCUT2D eigenvalue weighted by Gasteiger charge is 2.65. The SMILES string of the molecule is O=C(O)c1cnccc1CN1C(=O)N(c2ccc(S(=O)(=O)C(F)(F)F)cc2)C(=O)C12CC2. The molecule has 1 aromatic heterocycles. The molecule has 13 heteroatoms. The Bertz CT molecular complexity index is 1240. The van der Waals surface area contributed by atoms with E-state index in [1.807, 2.05) is 0 Å². The number of carboxylic acids is 1. The van der Waals surface area contributed by atoms with Gasteiger partial charge in [-0.3, -0.25) is 9.78 Å². The van der Waals surface area contributed by atoms with Crippen LogP contribution in [0.4, 0.5) is 23.7 Å². The number of amides is 3. The number of aromatic nitrogens is 1. The molecule has 2 fully saturated rings. The molecule has 0 unspecified atom stereocenters. The van der Waals surface area contributed by atoms with E-state index in [0.717, 1.165) is 23.2 Å². The molecular weight excluding hydrogens is 455 g/mol. The number of halogens is 3. The van der Waals surface area contributed by atoms with Crippen LogP contribution < -0.4 is 4.90 Å². The molecule has 4 rings (SSSR count). The Morgan fingerprint density at radius 3 is 2.28 bits per heavy atom. The van der Waals surface area contributed by atoms with Gasteiger partial charge in [-0.15, -0.1) is 0 Å². The van der Waals surface area contributed by atoms with E-state index < -0.39 is 43.7 Å². The first-order valence-electron chi connectivity index (χ1n) is 9.14. The Morgan fingerprint density at radius 2 is 1.75 bits per heavy atom. The number of hydrogen-bond donors (Lipinski definition) is 1. The summed E-state index contributed by atoms with van der Waals surface area (Å²) in [7, 11) is -5.58. The molecule has 1 aliphatic carbocycles. The van der Waals surface area contributed by atoms with Crippen molar-refractivity contribution in [3.8, 4) is 0 Å². The van der Waals surface area contributed by atoms with Crippen LogP contribution >= 0.6 is 0 Å². The van der Waals surface area contributed by atoms with Crippen molar-refractivity contribution < 1.29 is 41.1 Å². The van der Waals surface area contributed by atoms with Crippen LogP contribution in [0.3, 0.4) is 0 Å². The Labute approximate surface area is 179 Å². The molecule has 3 amide bonds. The van der Waals surface area contributed by atoms with Crippen LogP contribution in [0.5, 0.6) is 0 Å². The summed E-state index contributed by atoms with van der Waals surface area (Å²) in [5.41, 5.74) is -6.64. The summed E-state index contributed by atoms with van der Waals surface area (Å²) >= 11 is 0. The normalized spacial score (nSPS) is 17.8. The number of hydrogen-bond acceptors (Lipinski definition) is 6. The van der Waals surface area contributed by atoms with Crippen LogP contribution in [0.1, 0.15) is 28.8 Å². The zero-order chi connectivity index (χ0) is 23.5. The topological polar surface area (TPSA) is 125 Å². The van der Waals surface area contributed by atoms with E-state index in [1.54, 1.807) is 0 Å². The van der Waals surface area contributed by atoms with Crippen molar-refractivity contribution >= 4 is 33.4 Å². The van der Waals surface area contributed by atoms with Crippen molar-refractivity contribution in [2.75, 3.05) is 4.90 Å². The molecular formula is C19H14F3N3O6S. The number of carboxylic acid groups (broad SMARTS) is 1. The summed E-state index contributed by atoms with van der Waals surface area (Å²) in [6, 6.07) is 3.87. The maximum absolute atomic E-state index is 13.1. The van der Waals surface area contributed by atoms with Crippen LogP contribution in [0.25, 0.3) is 0 Å². The quantitative estimate of drug-likeness (QED) is 0.668. The van der Waals surface area contributed by atoms with E-state index >= 15 is 0 Å². The van der Waals surface area contributed by atoms with Gasteiger partial charge in [-0.05, 0) is 48.7 Å². The van der Waals surface area contributed by atoms with Crippen molar-refractivity contribution in [1.82, 2.24) is 9.88 Å². The smallest absolute Gasteiger partial charge is 0.478 e. The summed E-state index contributed by atoms with van der Waals surface area (Å²) in [6.45, 7) is -0.189. The fourth-order valence-electron chi connectivity index (χ4n) is 3.60. The third-order valence-electron chi connectivity index (χ3n) is 5.44. The predicted octanol–water partition coefficient (Wildman–Crippen LogP) is 2.57. The van der Waals surface area contributed by atoms with Crippen molar-refractivity contribution in [2.45, 2.75) is 35.3 Å². The Morgan fingerprint density at radius 1 is 1.12 bits per heavy atom. The van der Waals surface area contributed by atoms with E-state index in [1.165, 1.54) is 17.2 Å². The van der Waals surface area contributed by atoms with Gasteiger partial charge < -0.3 is 10.0 Å². The van der Waals surface area contributed by atoms with E-state index in [4.69, 9.17) is 0 Å². The van der Waals surface area contributed by atoms with Gasteiger partial charge in [0.25, 0.3) is 15.7 Å². The number of alkyl halides is 3. The summed E-state index contributed by atoms with van der Waals surface area (Å²) in [6.07, 6.45) is 3.14. The summed E-state index contributed by atoms with van der Waals surface area (Å²) in [5, 5.41) is 9.33. The van der Waals surface area contributed by atoms with Crippen molar-refractivity contribution in [1.29, 1.82) is 0 Å². The zero-order valence-electron chi connectivity index (χ0n) is 16.0. The zero-order valence-corrected chi connectivity index (χ0v) is 16.9. The Kier molecular flexibility index (Phi) is 4.77. The van der Waals surface area contributed by atoms with Crippen LogP contribution in [-0.4, -0.2) is 52.4 Å². The number of carbonyl (C=O) groups is 3. The first-order chi connectivity index (χ1) is 14.9. The highest BCUT2D eigenvalue weighted by atomic mass is 32.2. The standard InChI is InChI=1S/C19H14F3N3O6S/c20-19(21,22)32(30,31)13-3-1-12(2-4-13)25-16(28)18(6-7-18)24(17(25)29)10-11-5-8-23-9-14(11)15(26)27/h1-5,8-9H,6-7,10H2,(H,26,27). The minimum atomic E-state index is -5.58. The minimum absolute atomic E-state index is 0.0944. The maximum atomic E-state index is 13.1. The summed E-state index contributed by atoms with van der Waals surface area (Å²) < 4.78 is 61.3. The van der Waals surface area contributed by atoms with Gasteiger partial charge in [-0.2, -0.15) is 13.2 Å². The molecule has 168 valence electrons. The van der Waals surface area contributed by atoms with E-state index in [2.05, 4.69) is 4.98 Å². The molecule has 9 nitrogen and oxygen atoms in total. The molecule has 0 bridgehead atoms. The molecule has 0 radical (unpaired) electrons. The van der Waals surface area contributed by atoms with E-state index in [-0.39, 0.29) is 23.4 Å². The third kappa shape index (κ3) is 3.20. The molecule has 1 saturated heterocycles. The second-order valence-corrected chi connectivity index (χ2v) is 9.26. The van der Waals surface area contributed by atoms with Crippen LogP contribution in [0, 0.1) is 0 Å². The first-order valence-corrected chi connectivity index (χ1v) is 10.6. The molecule has 2 aromatic rings. The number of nitrogens with zero attached hydrogens (tertiary/aromatic N) is 3. The van der Waals surface area contributed by atoms with Gasteiger partial charge in [-0.25, -0.2) is 22.9 Å². The largest absolute Gasteiger partial charge is 0.501 e. The number of urea groups is 1. The Balaban J connectivity index is 1.66. The molecule has 1 saturated carbocycles. The lowest BCUT2D eigenvalue weighted by molar-refractivity contribution is -0.120. The summed E-state index contributed by atoms with van der Waals surface area (Å²) in [5.74, 6) is -1.87. The molecule has 1 aliphatic heterocycles. The number of sulfone groups is 1. The fraction of sp³-hybridized carbons (Fsp3) is 0.263. The predicted molar refractivity (Wildman–Crippen MR) is 101 cm³/mol. The second kappa shape index (κ2) is 7.02. The number of pyridine rings is 1. The van der Waals surface area contributed by atoms with Gasteiger partial charge in [0.05, 0.1) is 16.1 Å². The average molecular weight is 469 g/mol. The van der Waals surface area contributed by atoms with Crippen molar-refractivity contribution in [2.24, 2.45) is 0 Å². The molecule has 2 heterocycles. The van der Waals surface area contributed by atoms with Crippen LogP contribution in [-0.2, 0) is 21.2 Å². The van der Waals surface area contributed by atoms with Gasteiger partial charge in [0.15, 0.2) is 0 Å². The lowest BCUT2D eigenvalue weighted by Crippen LogP contribution is -2.37. The minimum Gasteiger partial charge on any atom is -0.478 e. The molecule has 1 N–H and O–H groups in total. The Hall–Kier alpha value is -3.48. The summed E-state index contributed by atoms with van der Waals surface area (Å²) in [4.78, 5) is 42.2. The first kappa shape index (κ1) is 21.7. The highest BCUT2D eigenvalue weighted by Crippen LogP contribution is 2.50. The average Bonchev–Trinajstić information content (AvgIpc) is 3.50. The van der Waals surface area contributed by atoms with Crippen LogP contribution in [0.15, 0.2) is 47.6 Å². The molecule has 32 heavy (non-hydrogen) atoms. The number of imide groups is 1. The second-order valence-electron chi connectivity index (χ2n) is 7.32. The molecule has 1 spiro atoms. The lowest BCUT2D eigenvalue weighted by Gasteiger charge is -2.22. The van der Waals surface area contributed by atoms with Gasteiger partial charge in [0.2, 0.25) is 0 Å². The lowest BCUT2D eigenvalue weighted by atomic mass is 10.1. The molecule has 2 aliphatic rings. The molecule has 1 aromatic carbocycles. The monoisotopic (exact) mass is 469 g/mol. The number of carbonyl (C=O) groups excluding carboxylic acids is 2. The van der Waals surface area contributed by atoms with E-state index in [9.17, 15) is 41.1 Å². The number of anilines is 1. The van der Waals surface area contributed by atoms with E-state index in [0.29, 0.717) is 25.0 Å². The van der Waals surface area contributed by atoms with Gasteiger partial charge >= 0.3 is 17.5 Å². The van der Waals surface area contributed by atoms with Crippen molar-refractivity contribution in [3.05, 3.63) is 53.9 Å². The van der Waals surface area contributed by atoms with Crippen LogP contribution in [0.2, 0.25) is 0 Å². The fourth-order valence-corrected chi connectivity index (χ4v) is 4.36. The highest BCUT2D eigenvalue weighted by molar-refractivity contribution is 7.92. The number of rotatable bonds is 5. The van der Waals surface area contributed by atoms with Gasteiger partial charge in [0, 0.05) is 18.9 Å².